The van der Waals surface area contributed by atoms with Gasteiger partial charge in [-0.3, -0.25) is 10.1 Å². The van der Waals surface area contributed by atoms with Gasteiger partial charge >= 0.3 is 0 Å². The Labute approximate surface area is 166 Å². The highest BCUT2D eigenvalue weighted by Crippen LogP contribution is 2.12. The summed E-state index contributed by atoms with van der Waals surface area (Å²) >= 11 is 0. The molecular formula is C21H28N4O3. The lowest BCUT2D eigenvalue weighted by Gasteiger charge is -2.18. The van der Waals surface area contributed by atoms with Gasteiger partial charge in [0.2, 0.25) is 0 Å². The van der Waals surface area contributed by atoms with Crippen LogP contribution in [-0.2, 0) is 17.7 Å². The van der Waals surface area contributed by atoms with E-state index in [1.165, 1.54) is 17.7 Å². The summed E-state index contributed by atoms with van der Waals surface area (Å²) in [5.41, 5.74) is 2.31. The minimum Gasteiger partial charge on any atom is -0.383 e. The Morgan fingerprint density at radius 3 is 2.50 bits per heavy atom. The van der Waals surface area contributed by atoms with Gasteiger partial charge in [0.15, 0.2) is 5.96 Å². The Morgan fingerprint density at radius 2 is 1.86 bits per heavy atom. The highest BCUT2D eigenvalue weighted by Gasteiger charge is 2.07. The summed E-state index contributed by atoms with van der Waals surface area (Å²) in [5.74, 6) is 0.705. The number of methoxy groups -OCH3 is 1. The van der Waals surface area contributed by atoms with Crippen LogP contribution in [0.15, 0.2) is 59.6 Å². The van der Waals surface area contributed by atoms with Gasteiger partial charge in [0, 0.05) is 31.8 Å². The fraction of sp³-hybridized carbons (Fsp3) is 0.381. The maximum Gasteiger partial charge on any atom is 0.269 e. The van der Waals surface area contributed by atoms with Crippen LogP contribution < -0.4 is 10.6 Å². The monoisotopic (exact) mass is 384 g/mol. The van der Waals surface area contributed by atoms with Crippen LogP contribution in [0.25, 0.3) is 0 Å². The second-order valence-corrected chi connectivity index (χ2v) is 6.58. The molecular weight excluding hydrogens is 356 g/mol. The molecule has 0 radical (unpaired) electrons. The van der Waals surface area contributed by atoms with Crippen molar-refractivity contribution in [1.82, 2.24) is 10.6 Å². The molecule has 0 amide bonds. The second kappa shape index (κ2) is 11.7. The van der Waals surface area contributed by atoms with Crippen molar-refractivity contribution in [2.75, 3.05) is 20.3 Å². The summed E-state index contributed by atoms with van der Waals surface area (Å²) in [6.45, 7) is 3.79. The minimum atomic E-state index is -0.402. The van der Waals surface area contributed by atoms with E-state index in [9.17, 15) is 10.1 Å². The van der Waals surface area contributed by atoms with Gasteiger partial charge in [-0.15, -0.1) is 0 Å². The molecule has 1 unspecified atom stereocenters. The number of nitrogens with one attached hydrogen (secondary N) is 2. The first-order valence-corrected chi connectivity index (χ1v) is 9.39. The van der Waals surface area contributed by atoms with Gasteiger partial charge < -0.3 is 15.4 Å². The molecule has 0 spiro atoms. The molecule has 2 N–H and O–H groups in total. The standard InChI is InChI=1S/C21H28N4O3/c1-17(8-9-18-6-4-3-5-7-18)24-21(22-14-15-28-2)23-16-19-10-12-20(13-11-19)25(26)27/h3-7,10-13,17H,8-9,14-16H2,1-2H3,(H2,22,23,24). The summed E-state index contributed by atoms with van der Waals surface area (Å²) in [6, 6.07) is 17.1. The van der Waals surface area contributed by atoms with Crippen LogP contribution in [0, 0.1) is 10.1 Å². The van der Waals surface area contributed by atoms with E-state index in [-0.39, 0.29) is 11.7 Å². The van der Waals surface area contributed by atoms with E-state index >= 15 is 0 Å². The smallest absolute Gasteiger partial charge is 0.269 e. The predicted molar refractivity (Wildman–Crippen MR) is 111 cm³/mol. The third kappa shape index (κ3) is 7.75. The molecule has 0 aliphatic carbocycles. The molecule has 2 rings (SSSR count). The molecule has 0 saturated heterocycles. The normalized spacial score (nSPS) is 12.4. The van der Waals surface area contributed by atoms with Crippen LogP contribution >= 0.6 is 0 Å². The summed E-state index contributed by atoms with van der Waals surface area (Å²) in [4.78, 5) is 15.0. The summed E-state index contributed by atoms with van der Waals surface area (Å²) in [5, 5.41) is 17.4. The van der Waals surface area contributed by atoms with Crippen LogP contribution in [0.3, 0.4) is 0 Å². The zero-order valence-corrected chi connectivity index (χ0v) is 16.4. The maximum atomic E-state index is 10.8. The highest BCUT2D eigenvalue weighted by atomic mass is 16.6. The number of hydrogen-bond acceptors (Lipinski definition) is 4. The predicted octanol–water partition coefficient (Wildman–Crippen LogP) is 3.30. The molecule has 2 aromatic carbocycles. The van der Waals surface area contributed by atoms with Crippen LogP contribution in [0.4, 0.5) is 5.69 Å². The lowest BCUT2D eigenvalue weighted by Crippen LogP contribution is -2.43. The molecule has 28 heavy (non-hydrogen) atoms. The fourth-order valence-electron chi connectivity index (χ4n) is 2.65. The first kappa shape index (κ1) is 21.4. The first-order valence-electron chi connectivity index (χ1n) is 9.39. The van der Waals surface area contributed by atoms with Crippen LogP contribution in [0.2, 0.25) is 0 Å². The number of nitro benzene ring substituents is 1. The molecule has 7 nitrogen and oxygen atoms in total. The number of hydrogen-bond donors (Lipinski definition) is 2. The van der Waals surface area contributed by atoms with Crippen LogP contribution in [-0.4, -0.2) is 37.2 Å². The summed E-state index contributed by atoms with van der Waals surface area (Å²) in [6.07, 6.45) is 1.97. The average Bonchev–Trinajstić information content (AvgIpc) is 2.71. The SMILES string of the molecule is COCCNC(=NCc1ccc([N+](=O)[O-])cc1)NC(C)CCc1ccccc1. The largest absolute Gasteiger partial charge is 0.383 e. The Morgan fingerprint density at radius 1 is 1.14 bits per heavy atom. The molecule has 1 atom stereocenters. The van der Waals surface area contributed by atoms with Gasteiger partial charge in [-0.2, -0.15) is 0 Å². The number of nitrogens with zero attached hydrogens (tertiary/aromatic N) is 2. The number of ether oxygens (including phenoxy) is 1. The van der Waals surface area contributed by atoms with Gasteiger partial charge in [-0.05, 0) is 30.9 Å². The van der Waals surface area contributed by atoms with Crippen molar-refractivity contribution < 1.29 is 9.66 Å². The number of guanidine groups is 1. The average molecular weight is 384 g/mol. The Kier molecular flexibility index (Phi) is 8.94. The molecule has 0 heterocycles. The third-order valence-corrected chi connectivity index (χ3v) is 4.26. The number of rotatable bonds is 10. The number of nitro groups is 1. The lowest BCUT2D eigenvalue weighted by atomic mass is 10.1. The lowest BCUT2D eigenvalue weighted by molar-refractivity contribution is -0.384. The quantitative estimate of drug-likeness (QED) is 0.216. The second-order valence-electron chi connectivity index (χ2n) is 6.58. The number of benzene rings is 2. The van der Waals surface area contributed by atoms with E-state index in [0.29, 0.717) is 25.7 Å². The van der Waals surface area contributed by atoms with Crippen molar-refractivity contribution in [3.8, 4) is 0 Å². The van der Waals surface area contributed by atoms with Crippen LogP contribution in [0.1, 0.15) is 24.5 Å². The maximum absolute atomic E-state index is 10.8. The fourth-order valence-corrected chi connectivity index (χ4v) is 2.65. The zero-order chi connectivity index (χ0) is 20.2. The Bertz CT molecular complexity index is 748. The van der Waals surface area contributed by atoms with E-state index in [1.54, 1.807) is 19.2 Å². The molecule has 0 fully saturated rings. The molecule has 0 aromatic heterocycles. The zero-order valence-electron chi connectivity index (χ0n) is 16.4. The van der Waals surface area contributed by atoms with Gasteiger partial charge in [0.25, 0.3) is 5.69 Å². The first-order chi connectivity index (χ1) is 13.6. The van der Waals surface area contributed by atoms with E-state index in [2.05, 4.69) is 46.8 Å². The summed E-state index contributed by atoms with van der Waals surface area (Å²) in [7, 11) is 1.66. The van der Waals surface area contributed by atoms with Gasteiger partial charge in [0.1, 0.15) is 0 Å². The Balaban J connectivity index is 1.93. The molecule has 0 saturated carbocycles. The van der Waals surface area contributed by atoms with Crippen molar-refractivity contribution in [3.05, 3.63) is 75.8 Å². The third-order valence-electron chi connectivity index (χ3n) is 4.26. The molecule has 0 bridgehead atoms. The molecule has 0 aliphatic rings. The van der Waals surface area contributed by atoms with Crippen LogP contribution in [0.5, 0.6) is 0 Å². The van der Waals surface area contributed by atoms with Crippen molar-refractivity contribution in [2.24, 2.45) is 4.99 Å². The molecule has 150 valence electrons. The highest BCUT2D eigenvalue weighted by molar-refractivity contribution is 5.80. The molecule has 0 aliphatic heterocycles. The summed E-state index contributed by atoms with van der Waals surface area (Å²) < 4.78 is 5.09. The number of aryl methyl sites for hydroxylation is 1. The Hall–Kier alpha value is -2.93. The van der Waals surface area contributed by atoms with E-state index in [4.69, 9.17) is 4.74 Å². The van der Waals surface area contributed by atoms with Crippen molar-refractivity contribution in [1.29, 1.82) is 0 Å². The van der Waals surface area contributed by atoms with E-state index in [1.807, 2.05) is 6.07 Å². The topological polar surface area (TPSA) is 88.8 Å². The van der Waals surface area contributed by atoms with Crippen molar-refractivity contribution >= 4 is 11.6 Å². The molecule has 2 aromatic rings. The van der Waals surface area contributed by atoms with E-state index in [0.717, 1.165) is 18.4 Å². The van der Waals surface area contributed by atoms with Crippen molar-refractivity contribution in [2.45, 2.75) is 32.4 Å². The molecule has 7 heteroatoms. The number of aliphatic imine (C=N–C) groups is 1. The van der Waals surface area contributed by atoms with E-state index < -0.39 is 4.92 Å². The van der Waals surface area contributed by atoms with Gasteiger partial charge in [0.05, 0.1) is 18.1 Å². The minimum absolute atomic E-state index is 0.0823. The van der Waals surface area contributed by atoms with Gasteiger partial charge in [-0.25, -0.2) is 4.99 Å². The van der Waals surface area contributed by atoms with Crippen molar-refractivity contribution in [3.63, 3.8) is 0 Å². The van der Waals surface area contributed by atoms with Gasteiger partial charge in [-0.1, -0.05) is 42.5 Å². The number of non-ortho nitro benzene ring substituents is 1.